The first kappa shape index (κ1) is 13.5. The van der Waals surface area contributed by atoms with Crippen LogP contribution in [0.25, 0.3) is 0 Å². The maximum absolute atomic E-state index is 11.4. The van der Waals surface area contributed by atoms with E-state index in [0.717, 1.165) is 23.1 Å². The van der Waals surface area contributed by atoms with Gasteiger partial charge in [-0.3, -0.25) is 9.67 Å². The average molecular weight is 280 g/mol. The van der Waals surface area contributed by atoms with Crippen LogP contribution in [0.3, 0.4) is 0 Å². The summed E-state index contributed by atoms with van der Waals surface area (Å²) in [5.41, 5.74) is 9.27. The Hall–Kier alpha value is -1.89. The van der Waals surface area contributed by atoms with E-state index in [1.54, 1.807) is 10.9 Å². The Kier molecular flexibility index (Phi) is 3.32. The molecule has 0 atom stereocenters. The molecule has 0 saturated heterocycles. The van der Waals surface area contributed by atoms with Crippen LogP contribution in [0, 0.1) is 13.8 Å². The van der Waals surface area contributed by atoms with Crippen molar-refractivity contribution in [2.45, 2.75) is 25.3 Å². The van der Waals surface area contributed by atoms with Crippen LogP contribution in [0.2, 0.25) is 0 Å². The number of nitrogen functional groups attached to an aromatic ring is 1. The third kappa shape index (κ3) is 2.76. The quantitative estimate of drug-likeness (QED) is 0.903. The van der Waals surface area contributed by atoms with Crippen molar-refractivity contribution < 1.29 is 8.42 Å². The fourth-order valence-electron chi connectivity index (χ4n) is 1.73. The van der Waals surface area contributed by atoms with Crippen LogP contribution < -0.4 is 5.73 Å². The van der Waals surface area contributed by atoms with E-state index in [4.69, 9.17) is 5.73 Å². The first-order valence-electron chi connectivity index (χ1n) is 5.72. The molecule has 0 bridgehead atoms. The van der Waals surface area contributed by atoms with Crippen molar-refractivity contribution in [3.63, 3.8) is 0 Å². The normalized spacial score (nSPS) is 11.7. The van der Waals surface area contributed by atoms with Crippen LogP contribution in [0.4, 0.5) is 5.69 Å². The van der Waals surface area contributed by atoms with Crippen LogP contribution >= 0.6 is 0 Å². The predicted molar refractivity (Wildman–Crippen MR) is 72.6 cm³/mol. The van der Waals surface area contributed by atoms with Gasteiger partial charge in [-0.05, 0) is 25.0 Å². The van der Waals surface area contributed by atoms with Crippen LogP contribution in [0.1, 0.15) is 16.8 Å². The van der Waals surface area contributed by atoms with E-state index in [1.807, 2.05) is 13.8 Å². The summed E-state index contributed by atoms with van der Waals surface area (Å²) >= 11 is 0. The van der Waals surface area contributed by atoms with Gasteiger partial charge in [-0.15, -0.1) is 0 Å². The number of hydrogen-bond donors (Lipinski definition) is 1. The second-order valence-electron chi connectivity index (χ2n) is 4.57. The van der Waals surface area contributed by atoms with Gasteiger partial charge >= 0.3 is 0 Å². The highest BCUT2D eigenvalue weighted by Gasteiger charge is 2.12. The maximum atomic E-state index is 11.4. The molecule has 2 aromatic rings. The third-order valence-electron chi connectivity index (χ3n) is 3.03. The number of aryl methyl sites for hydroxylation is 1. The summed E-state index contributed by atoms with van der Waals surface area (Å²) in [6.45, 7) is 4.19. The van der Waals surface area contributed by atoms with E-state index in [2.05, 4.69) is 10.1 Å². The molecule has 0 unspecified atom stereocenters. The van der Waals surface area contributed by atoms with Gasteiger partial charge in [-0.25, -0.2) is 8.42 Å². The van der Waals surface area contributed by atoms with Crippen molar-refractivity contribution in [2.75, 3.05) is 12.0 Å². The van der Waals surface area contributed by atoms with Gasteiger partial charge in [-0.1, -0.05) is 0 Å². The lowest BCUT2D eigenvalue weighted by Gasteiger charge is -2.09. The van der Waals surface area contributed by atoms with E-state index < -0.39 is 9.84 Å². The summed E-state index contributed by atoms with van der Waals surface area (Å²) in [6.07, 6.45) is 5.69. The van der Waals surface area contributed by atoms with Crippen molar-refractivity contribution in [3.05, 3.63) is 35.4 Å². The minimum absolute atomic E-state index is 0.199. The lowest BCUT2D eigenvalue weighted by molar-refractivity contribution is 0.601. The Morgan fingerprint density at radius 3 is 2.58 bits per heavy atom. The van der Waals surface area contributed by atoms with Crippen molar-refractivity contribution in [3.8, 4) is 0 Å². The molecule has 0 aliphatic rings. The fraction of sp³-hybridized carbons (Fsp3) is 0.333. The number of rotatable bonds is 3. The SMILES string of the molecule is Cc1cnc(Cn2cc(S(C)(=O)=O)cn2)c(C)c1N. The lowest BCUT2D eigenvalue weighted by Crippen LogP contribution is -2.07. The van der Waals surface area contributed by atoms with Gasteiger partial charge in [0.1, 0.15) is 4.90 Å². The third-order valence-corrected chi connectivity index (χ3v) is 4.09. The summed E-state index contributed by atoms with van der Waals surface area (Å²) < 4.78 is 24.3. The minimum Gasteiger partial charge on any atom is -0.398 e. The Morgan fingerprint density at radius 2 is 2.00 bits per heavy atom. The zero-order valence-electron chi connectivity index (χ0n) is 11.1. The van der Waals surface area contributed by atoms with Gasteiger partial charge in [0.05, 0.1) is 18.4 Å². The Balaban J connectivity index is 2.32. The molecule has 0 saturated carbocycles. The van der Waals surface area contributed by atoms with Crippen LogP contribution in [-0.4, -0.2) is 29.4 Å². The van der Waals surface area contributed by atoms with Crippen molar-refractivity contribution in [2.24, 2.45) is 0 Å². The molecule has 0 aromatic carbocycles. The summed E-state index contributed by atoms with van der Waals surface area (Å²) in [5.74, 6) is 0. The molecule has 0 aliphatic carbocycles. The van der Waals surface area contributed by atoms with Crippen LogP contribution in [-0.2, 0) is 16.4 Å². The van der Waals surface area contributed by atoms with Crippen LogP contribution in [0.5, 0.6) is 0 Å². The number of anilines is 1. The number of nitrogens with zero attached hydrogens (tertiary/aromatic N) is 3. The number of pyridine rings is 1. The summed E-state index contributed by atoms with van der Waals surface area (Å²) in [5, 5.41) is 4.03. The molecular weight excluding hydrogens is 264 g/mol. The smallest absolute Gasteiger partial charge is 0.178 e. The molecule has 0 amide bonds. The molecule has 6 nitrogen and oxygen atoms in total. The van der Waals surface area contributed by atoms with Gasteiger partial charge in [-0.2, -0.15) is 5.10 Å². The van der Waals surface area contributed by atoms with E-state index in [1.165, 1.54) is 12.4 Å². The summed E-state index contributed by atoms with van der Waals surface area (Å²) in [6, 6.07) is 0. The minimum atomic E-state index is -3.23. The van der Waals surface area contributed by atoms with Crippen molar-refractivity contribution in [1.82, 2.24) is 14.8 Å². The highest BCUT2D eigenvalue weighted by atomic mass is 32.2. The van der Waals surface area contributed by atoms with E-state index in [0.29, 0.717) is 12.2 Å². The number of nitrogens with two attached hydrogens (primary N) is 1. The average Bonchev–Trinajstić information content (AvgIpc) is 2.78. The number of sulfone groups is 1. The Bertz CT molecular complexity index is 719. The van der Waals surface area contributed by atoms with Crippen LogP contribution in [0.15, 0.2) is 23.5 Å². The topological polar surface area (TPSA) is 90.9 Å². The van der Waals surface area contributed by atoms with E-state index in [-0.39, 0.29) is 4.90 Å². The molecule has 19 heavy (non-hydrogen) atoms. The highest BCUT2D eigenvalue weighted by molar-refractivity contribution is 7.90. The largest absolute Gasteiger partial charge is 0.398 e. The summed E-state index contributed by atoms with van der Waals surface area (Å²) in [4.78, 5) is 4.51. The lowest BCUT2D eigenvalue weighted by atomic mass is 10.1. The maximum Gasteiger partial charge on any atom is 0.178 e. The zero-order valence-corrected chi connectivity index (χ0v) is 11.9. The molecule has 2 N–H and O–H groups in total. The highest BCUT2D eigenvalue weighted by Crippen LogP contribution is 2.18. The van der Waals surface area contributed by atoms with Crippen molar-refractivity contribution >= 4 is 15.5 Å². The summed E-state index contributed by atoms with van der Waals surface area (Å²) in [7, 11) is -3.23. The Labute approximate surface area is 112 Å². The number of hydrogen-bond acceptors (Lipinski definition) is 5. The van der Waals surface area contributed by atoms with Gasteiger partial charge in [0.25, 0.3) is 0 Å². The fourth-order valence-corrected chi connectivity index (χ4v) is 2.28. The van der Waals surface area contributed by atoms with Gasteiger partial charge in [0, 0.05) is 24.3 Å². The molecule has 2 aromatic heterocycles. The molecule has 0 aliphatic heterocycles. The van der Waals surface area contributed by atoms with E-state index in [9.17, 15) is 8.42 Å². The molecule has 0 spiro atoms. The van der Waals surface area contributed by atoms with Crippen molar-refractivity contribution in [1.29, 1.82) is 0 Å². The molecule has 0 radical (unpaired) electrons. The molecule has 2 heterocycles. The Morgan fingerprint density at radius 1 is 1.32 bits per heavy atom. The molecular formula is C12H16N4O2S. The molecule has 102 valence electrons. The first-order valence-corrected chi connectivity index (χ1v) is 7.61. The van der Waals surface area contributed by atoms with E-state index >= 15 is 0 Å². The second kappa shape index (κ2) is 4.65. The standard InChI is InChI=1S/C12H16N4O2S/c1-8-4-14-11(9(2)12(8)13)7-16-6-10(5-15-16)19(3,17)18/h4-6H,7H2,1-3H3,(H2,13,14). The zero-order chi connectivity index (χ0) is 14.2. The van der Waals surface area contributed by atoms with Gasteiger partial charge in [0.2, 0.25) is 0 Å². The van der Waals surface area contributed by atoms with Gasteiger partial charge < -0.3 is 5.73 Å². The monoisotopic (exact) mass is 280 g/mol. The number of aromatic nitrogens is 3. The molecule has 7 heteroatoms. The first-order chi connectivity index (χ1) is 8.79. The second-order valence-corrected chi connectivity index (χ2v) is 6.59. The van der Waals surface area contributed by atoms with Gasteiger partial charge in [0.15, 0.2) is 9.84 Å². The molecule has 0 fully saturated rings. The predicted octanol–water partition coefficient (Wildman–Crippen LogP) is 0.929. The molecule has 2 rings (SSSR count).